The average Bonchev–Trinajstić information content (AvgIpc) is 2.47. The summed E-state index contributed by atoms with van der Waals surface area (Å²) in [5.74, 6) is 0. The molecule has 0 heterocycles. The Morgan fingerprint density at radius 3 is 2.75 bits per heavy atom. The van der Waals surface area contributed by atoms with Crippen molar-refractivity contribution in [2.24, 2.45) is 0 Å². The summed E-state index contributed by atoms with van der Waals surface area (Å²) in [5.41, 5.74) is 0. The number of nitrogens with zero attached hydrogens (tertiary/aromatic N) is 1. The van der Waals surface area contributed by atoms with E-state index >= 15 is 0 Å². The molecule has 0 aromatic carbocycles. The van der Waals surface area contributed by atoms with Crippen molar-refractivity contribution in [3.8, 4) is 0 Å². The fourth-order valence-corrected chi connectivity index (χ4v) is 1.84. The summed E-state index contributed by atoms with van der Waals surface area (Å²) >= 11 is 0. The van der Waals surface area contributed by atoms with Crippen LogP contribution in [-0.2, 0) is 4.74 Å². The van der Waals surface area contributed by atoms with E-state index in [1.165, 1.54) is 0 Å². The Labute approximate surface area is 74.3 Å². The number of hydrogen-bond donors (Lipinski definition) is 1. The van der Waals surface area contributed by atoms with Gasteiger partial charge in [-0.15, -0.1) is 0 Å². The number of likely N-dealkylation sites (N-methyl/N-ethyl adjacent to an activating group) is 1. The van der Waals surface area contributed by atoms with E-state index in [2.05, 4.69) is 11.9 Å². The Morgan fingerprint density at radius 2 is 2.25 bits per heavy atom. The fraction of sp³-hybridized carbons (Fsp3) is 1.00. The Kier molecular flexibility index (Phi) is 3.98. The van der Waals surface area contributed by atoms with Crippen molar-refractivity contribution < 1.29 is 9.84 Å². The van der Waals surface area contributed by atoms with Crippen LogP contribution in [0.1, 0.15) is 19.3 Å². The molecule has 0 amide bonds. The summed E-state index contributed by atoms with van der Waals surface area (Å²) in [7, 11) is 3.76. The highest BCUT2D eigenvalue weighted by atomic mass is 16.5. The van der Waals surface area contributed by atoms with E-state index in [1.54, 1.807) is 7.11 Å². The van der Waals surface area contributed by atoms with Gasteiger partial charge in [-0.2, -0.15) is 0 Å². The van der Waals surface area contributed by atoms with Crippen molar-refractivity contribution in [1.29, 1.82) is 0 Å². The molecule has 0 radical (unpaired) electrons. The number of ether oxygens (including phenoxy) is 1. The third-order valence-corrected chi connectivity index (χ3v) is 2.66. The Morgan fingerprint density at radius 1 is 1.50 bits per heavy atom. The monoisotopic (exact) mass is 173 g/mol. The number of aliphatic hydroxyl groups is 1. The molecule has 1 saturated carbocycles. The van der Waals surface area contributed by atoms with Gasteiger partial charge >= 0.3 is 0 Å². The van der Waals surface area contributed by atoms with Crippen LogP contribution < -0.4 is 0 Å². The van der Waals surface area contributed by atoms with Crippen molar-refractivity contribution >= 4 is 0 Å². The fourth-order valence-electron chi connectivity index (χ4n) is 1.84. The van der Waals surface area contributed by atoms with E-state index in [1.807, 2.05) is 0 Å². The number of aliphatic hydroxyl groups excluding tert-OH is 1. The maximum atomic E-state index is 9.58. The van der Waals surface area contributed by atoms with Gasteiger partial charge in [0.2, 0.25) is 0 Å². The lowest BCUT2D eigenvalue weighted by Gasteiger charge is -2.26. The minimum Gasteiger partial charge on any atom is -0.391 e. The van der Waals surface area contributed by atoms with Crippen LogP contribution in [-0.4, -0.2) is 49.5 Å². The Balaban J connectivity index is 2.25. The van der Waals surface area contributed by atoms with Gasteiger partial charge in [-0.3, -0.25) is 4.90 Å². The predicted molar refractivity (Wildman–Crippen MR) is 48.2 cm³/mol. The highest BCUT2D eigenvalue weighted by molar-refractivity contribution is 4.83. The molecule has 0 aromatic rings. The first-order chi connectivity index (χ1) is 5.75. The Bertz CT molecular complexity index is 130. The third-order valence-electron chi connectivity index (χ3n) is 2.66. The first-order valence-corrected chi connectivity index (χ1v) is 4.63. The topological polar surface area (TPSA) is 32.7 Å². The van der Waals surface area contributed by atoms with E-state index in [0.717, 1.165) is 32.4 Å². The molecule has 12 heavy (non-hydrogen) atoms. The SMILES string of the molecule is COCCN(C)[C@H]1CCC[C@@H]1O. The lowest BCUT2D eigenvalue weighted by atomic mass is 10.2. The molecule has 1 aliphatic rings. The van der Waals surface area contributed by atoms with Crippen LogP contribution in [0.2, 0.25) is 0 Å². The lowest BCUT2D eigenvalue weighted by molar-refractivity contribution is 0.0678. The van der Waals surface area contributed by atoms with Gasteiger partial charge in [-0.25, -0.2) is 0 Å². The van der Waals surface area contributed by atoms with Gasteiger partial charge in [-0.1, -0.05) is 0 Å². The van der Waals surface area contributed by atoms with Crippen LogP contribution in [0.4, 0.5) is 0 Å². The van der Waals surface area contributed by atoms with Crippen molar-refractivity contribution in [3.05, 3.63) is 0 Å². The maximum absolute atomic E-state index is 9.58. The average molecular weight is 173 g/mol. The standard InChI is InChI=1S/C9H19NO2/c1-10(6-7-12-2)8-4-3-5-9(8)11/h8-9,11H,3-7H2,1-2H3/t8-,9-/m0/s1. The Hall–Kier alpha value is -0.120. The quantitative estimate of drug-likeness (QED) is 0.671. The molecule has 3 nitrogen and oxygen atoms in total. The van der Waals surface area contributed by atoms with E-state index < -0.39 is 0 Å². The van der Waals surface area contributed by atoms with Crippen LogP contribution in [0.25, 0.3) is 0 Å². The second-order valence-corrected chi connectivity index (χ2v) is 3.54. The van der Waals surface area contributed by atoms with Crippen LogP contribution >= 0.6 is 0 Å². The molecule has 0 spiro atoms. The summed E-state index contributed by atoms with van der Waals surface area (Å²) in [6.07, 6.45) is 3.12. The van der Waals surface area contributed by atoms with E-state index in [9.17, 15) is 5.11 Å². The molecule has 0 saturated heterocycles. The molecule has 72 valence electrons. The molecule has 0 aromatic heterocycles. The van der Waals surface area contributed by atoms with Gasteiger partial charge in [0.1, 0.15) is 0 Å². The van der Waals surface area contributed by atoms with Crippen LogP contribution in [0.5, 0.6) is 0 Å². The molecule has 0 unspecified atom stereocenters. The highest BCUT2D eigenvalue weighted by Gasteiger charge is 2.27. The smallest absolute Gasteiger partial charge is 0.0695 e. The predicted octanol–water partition coefficient (Wildman–Crippen LogP) is 0.478. The zero-order valence-electron chi connectivity index (χ0n) is 7.99. The van der Waals surface area contributed by atoms with Crippen molar-refractivity contribution in [3.63, 3.8) is 0 Å². The van der Waals surface area contributed by atoms with Crippen molar-refractivity contribution in [2.75, 3.05) is 27.3 Å². The second kappa shape index (κ2) is 4.80. The molecular formula is C9H19NO2. The lowest BCUT2D eigenvalue weighted by Crippen LogP contribution is -2.39. The minimum atomic E-state index is -0.119. The van der Waals surface area contributed by atoms with Crippen LogP contribution in [0.15, 0.2) is 0 Å². The molecule has 0 aliphatic heterocycles. The summed E-state index contributed by atoms with van der Waals surface area (Å²) < 4.78 is 4.98. The van der Waals surface area contributed by atoms with Crippen molar-refractivity contribution in [1.82, 2.24) is 4.90 Å². The van der Waals surface area contributed by atoms with E-state index in [0.29, 0.717) is 6.04 Å². The largest absolute Gasteiger partial charge is 0.391 e. The number of methoxy groups -OCH3 is 1. The van der Waals surface area contributed by atoms with Gasteiger partial charge in [0.15, 0.2) is 0 Å². The van der Waals surface area contributed by atoms with E-state index in [-0.39, 0.29) is 6.10 Å². The molecule has 1 fully saturated rings. The normalized spacial score (nSPS) is 30.0. The molecule has 0 bridgehead atoms. The van der Waals surface area contributed by atoms with Gasteiger partial charge in [-0.05, 0) is 26.3 Å². The summed E-state index contributed by atoms with van der Waals surface area (Å²) in [6.45, 7) is 1.66. The van der Waals surface area contributed by atoms with E-state index in [4.69, 9.17) is 4.74 Å². The number of hydrogen-bond acceptors (Lipinski definition) is 3. The van der Waals surface area contributed by atoms with Crippen LogP contribution in [0, 0.1) is 0 Å². The minimum absolute atomic E-state index is 0.119. The second-order valence-electron chi connectivity index (χ2n) is 3.54. The molecule has 2 atom stereocenters. The maximum Gasteiger partial charge on any atom is 0.0695 e. The van der Waals surface area contributed by atoms with Crippen LogP contribution in [0.3, 0.4) is 0 Å². The zero-order chi connectivity index (χ0) is 8.97. The van der Waals surface area contributed by atoms with Gasteiger partial charge < -0.3 is 9.84 Å². The molecule has 1 rings (SSSR count). The van der Waals surface area contributed by atoms with Crippen molar-refractivity contribution in [2.45, 2.75) is 31.4 Å². The molecule has 1 N–H and O–H groups in total. The first-order valence-electron chi connectivity index (χ1n) is 4.63. The third kappa shape index (κ3) is 2.44. The first kappa shape index (κ1) is 9.96. The summed E-state index contributed by atoms with van der Waals surface area (Å²) in [6, 6.07) is 0.361. The number of rotatable bonds is 4. The molecular weight excluding hydrogens is 154 g/mol. The van der Waals surface area contributed by atoms with Gasteiger partial charge in [0.05, 0.1) is 12.7 Å². The van der Waals surface area contributed by atoms with Gasteiger partial charge in [0.25, 0.3) is 0 Å². The summed E-state index contributed by atoms with van der Waals surface area (Å²) in [5, 5.41) is 9.58. The molecule has 3 heteroatoms. The molecule has 1 aliphatic carbocycles. The highest BCUT2D eigenvalue weighted by Crippen LogP contribution is 2.22. The van der Waals surface area contributed by atoms with Gasteiger partial charge in [0, 0.05) is 19.7 Å². The summed E-state index contributed by atoms with van der Waals surface area (Å²) in [4.78, 5) is 2.20. The zero-order valence-corrected chi connectivity index (χ0v) is 7.99.